The third kappa shape index (κ3) is 2.84. The Bertz CT molecular complexity index is 651. The quantitative estimate of drug-likeness (QED) is 0.943. The van der Waals surface area contributed by atoms with E-state index < -0.39 is 12.0 Å². The molecule has 3 rings (SSSR count). The monoisotopic (exact) mass is 322 g/mol. The number of amides is 1. The van der Waals surface area contributed by atoms with Gasteiger partial charge in [-0.05, 0) is 30.7 Å². The lowest BCUT2D eigenvalue weighted by Crippen LogP contribution is -2.47. The van der Waals surface area contributed by atoms with Crippen LogP contribution in [-0.4, -0.2) is 39.5 Å². The van der Waals surface area contributed by atoms with E-state index in [0.717, 1.165) is 22.7 Å². The third-order valence-electron chi connectivity index (χ3n) is 3.50. The maximum atomic E-state index is 12.5. The Kier molecular flexibility index (Phi) is 4.03. The molecule has 0 bridgehead atoms. The van der Waals surface area contributed by atoms with Crippen LogP contribution >= 0.6 is 22.7 Å². The first kappa shape index (κ1) is 14.2. The Morgan fingerprint density at radius 3 is 2.95 bits per heavy atom. The molecule has 1 N–H and O–H groups in total. The van der Waals surface area contributed by atoms with Crippen molar-refractivity contribution in [3.05, 3.63) is 28.6 Å². The van der Waals surface area contributed by atoms with Crippen molar-refractivity contribution in [1.29, 1.82) is 0 Å². The van der Waals surface area contributed by atoms with E-state index in [-0.39, 0.29) is 5.91 Å². The number of carbonyl (C=O) groups excluding carboxylic acids is 1. The molecule has 110 valence electrons. The summed E-state index contributed by atoms with van der Waals surface area (Å²) < 4.78 is 0. The SMILES string of the molecule is O=C(O)[C@H]1CCCCN1C(=O)c1cnc(-c2cccs2)s1. The van der Waals surface area contributed by atoms with E-state index in [9.17, 15) is 14.7 Å². The molecule has 0 saturated carbocycles. The van der Waals surface area contributed by atoms with Crippen LogP contribution in [0.3, 0.4) is 0 Å². The molecule has 2 aromatic heterocycles. The molecule has 7 heteroatoms. The summed E-state index contributed by atoms with van der Waals surface area (Å²) in [6.07, 6.45) is 3.78. The van der Waals surface area contributed by atoms with Crippen molar-refractivity contribution in [1.82, 2.24) is 9.88 Å². The maximum absolute atomic E-state index is 12.5. The van der Waals surface area contributed by atoms with Crippen LogP contribution < -0.4 is 0 Å². The van der Waals surface area contributed by atoms with Crippen molar-refractivity contribution in [2.45, 2.75) is 25.3 Å². The number of hydrogen-bond donors (Lipinski definition) is 1. The first-order valence-corrected chi connectivity index (χ1v) is 8.40. The van der Waals surface area contributed by atoms with Crippen molar-refractivity contribution in [2.24, 2.45) is 0 Å². The Labute approximate surface area is 129 Å². The Morgan fingerprint density at radius 2 is 2.24 bits per heavy atom. The molecule has 0 aliphatic carbocycles. The number of thiophene rings is 1. The van der Waals surface area contributed by atoms with Crippen molar-refractivity contribution < 1.29 is 14.7 Å². The zero-order valence-corrected chi connectivity index (χ0v) is 12.8. The molecular formula is C14H14N2O3S2. The van der Waals surface area contributed by atoms with Crippen LogP contribution in [0.5, 0.6) is 0 Å². The summed E-state index contributed by atoms with van der Waals surface area (Å²) in [5.41, 5.74) is 0. The molecule has 1 atom stereocenters. The summed E-state index contributed by atoms with van der Waals surface area (Å²) in [7, 11) is 0. The van der Waals surface area contributed by atoms with Gasteiger partial charge in [-0.15, -0.1) is 22.7 Å². The second-order valence-electron chi connectivity index (χ2n) is 4.86. The molecule has 3 heterocycles. The van der Waals surface area contributed by atoms with E-state index in [1.807, 2.05) is 17.5 Å². The molecule has 0 radical (unpaired) electrons. The molecule has 2 aromatic rings. The molecular weight excluding hydrogens is 308 g/mol. The van der Waals surface area contributed by atoms with Gasteiger partial charge in [0.05, 0.1) is 11.1 Å². The molecule has 0 spiro atoms. The number of likely N-dealkylation sites (tertiary alicyclic amines) is 1. The predicted octanol–water partition coefficient (Wildman–Crippen LogP) is 2.95. The van der Waals surface area contributed by atoms with Crippen LogP contribution in [0.1, 0.15) is 28.9 Å². The smallest absolute Gasteiger partial charge is 0.326 e. The molecule has 1 fully saturated rings. The van der Waals surface area contributed by atoms with E-state index in [2.05, 4.69) is 4.98 Å². The average Bonchev–Trinajstić information content (AvgIpc) is 3.17. The summed E-state index contributed by atoms with van der Waals surface area (Å²) in [6.45, 7) is 0.502. The van der Waals surface area contributed by atoms with E-state index in [1.165, 1.54) is 16.2 Å². The van der Waals surface area contributed by atoms with Gasteiger partial charge in [0.25, 0.3) is 5.91 Å². The third-order valence-corrected chi connectivity index (χ3v) is 5.52. The van der Waals surface area contributed by atoms with Gasteiger partial charge in [0.2, 0.25) is 0 Å². The van der Waals surface area contributed by atoms with Crippen LogP contribution in [0.2, 0.25) is 0 Å². The first-order chi connectivity index (χ1) is 10.2. The van der Waals surface area contributed by atoms with E-state index in [4.69, 9.17) is 0 Å². The van der Waals surface area contributed by atoms with Crippen LogP contribution in [0.15, 0.2) is 23.7 Å². The van der Waals surface area contributed by atoms with Gasteiger partial charge in [0.1, 0.15) is 15.9 Å². The fourth-order valence-corrected chi connectivity index (χ4v) is 4.14. The fourth-order valence-electron chi connectivity index (χ4n) is 2.46. The predicted molar refractivity (Wildman–Crippen MR) is 81.7 cm³/mol. The fraction of sp³-hybridized carbons (Fsp3) is 0.357. The van der Waals surface area contributed by atoms with Crippen LogP contribution in [-0.2, 0) is 4.79 Å². The highest BCUT2D eigenvalue weighted by Gasteiger charge is 2.33. The number of aliphatic carboxylic acids is 1. The summed E-state index contributed by atoms with van der Waals surface area (Å²) in [5, 5.41) is 12.0. The van der Waals surface area contributed by atoms with Gasteiger partial charge in [0.15, 0.2) is 0 Å². The molecule has 1 aliphatic heterocycles. The highest BCUT2D eigenvalue weighted by Crippen LogP contribution is 2.30. The normalized spacial score (nSPS) is 18.7. The van der Waals surface area contributed by atoms with Crippen molar-refractivity contribution in [3.8, 4) is 9.88 Å². The first-order valence-electron chi connectivity index (χ1n) is 6.70. The topological polar surface area (TPSA) is 70.5 Å². The standard InChI is InChI=1S/C14H14N2O3S2/c17-13(16-6-2-1-4-9(16)14(18)19)11-8-15-12(21-11)10-5-3-7-20-10/h3,5,7-9H,1-2,4,6H2,(H,18,19)/t9-/m1/s1. The number of carbonyl (C=O) groups is 2. The molecule has 0 aromatic carbocycles. The Hall–Kier alpha value is -1.73. The maximum Gasteiger partial charge on any atom is 0.326 e. The average molecular weight is 322 g/mol. The number of aromatic nitrogens is 1. The van der Waals surface area contributed by atoms with Gasteiger partial charge in [-0.3, -0.25) is 4.79 Å². The summed E-state index contributed by atoms with van der Waals surface area (Å²) in [6, 6.07) is 3.19. The van der Waals surface area contributed by atoms with Gasteiger partial charge in [-0.1, -0.05) is 6.07 Å². The number of hydrogen-bond acceptors (Lipinski definition) is 5. The second-order valence-corrected chi connectivity index (χ2v) is 6.83. The van der Waals surface area contributed by atoms with Gasteiger partial charge in [-0.25, -0.2) is 9.78 Å². The highest BCUT2D eigenvalue weighted by molar-refractivity contribution is 7.21. The number of piperidine rings is 1. The molecule has 21 heavy (non-hydrogen) atoms. The minimum Gasteiger partial charge on any atom is -0.480 e. The summed E-state index contributed by atoms with van der Waals surface area (Å²) in [4.78, 5) is 31.1. The van der Waals surface area contributed by atoms with Crippen molar-refractivity contribution >= 4 is 34.6 Å². The Morgan fingerprint density at radius 1 is 1.38 bits per heavy atom. The highest BCUT2D eigenvalue weighted by atomic mass is 32.1. The largest absolute Gasteiger partial charge is 0.480 e. The molecule has 1 saturated heterocycles. The van der Waals surface area contributed by atoms with Gasteiger partial charge >= 0.3 is 5.97 Å². The van der Waals surface area contributed by atoms with Gasteiger partial charge in [0, 0.05) is 6.54 Å². The number of nitrogens with zero attached hydrogens (tertiary/aromatic N) is 2. The molecule has 1 aliphatic rings. The zero-order valence-electron chi connectivity index (χ0n) is 11.2. The van der Waals surface area contributed by atoms with E-state index >= 15 is 0 Å². The second kappa shape index (κ2) is 5.95. The van der Waals surface area contributed by atoms with Crippen molar-refractivity contribution in [3.63, 3.8) is 0 Å². The number of rotatable bonds is 3. The molecule has 5 nitrogen and oxygen atoms in total. The lowest BCUT2D eigenvalue weighted by atomic mass is 10.0. The zero-order chi connectivity index (χ0) is 14.8. The lowest BCUT2D eigenvalue weighted by Gasteiger charge is -2.32. The minimum absolute atomic E-state index is 0.220. The van der Waals surface area contributed by atoms with Crippen molar-refractivity contribution in [2.75, 3.05) is 6.54 Å². The minimum atomic E-state index is -0.925. The van der Waals surface area contributed by atoms with E-state index in [1.54, 1.807) is 17.5 Å². The molecule has 1 amide bonds. The van der Waals surface area contributed by atoms with E-state index in [0.29, 0.717) is 17.8 Å². The lowest BCUT2D eigenvalue weighted by molar-refractivity contribution is -0.143. The van der Waals surface area contributed by atoms with Crippen LogP contribution in [0.25, 0.3) is 9.88 Å². The van der Waals surface area contributed by atoms with Gasteiger partial charge in [-0.2, -0.15) is 0 Å². The summed E-state index contributed by atoms with van der Waals surface area (Å²) >= 11 is 2.89. The van der Waals surface area contributed by atoms with Gasteiger partial charge < -0.3 is 10.0 Å². The Balaban J connectivity index is 1.83. The number of thiazole rings is 1. The van der Waals surface area contributed by atoms with Crippen LogP contribution in [0, 0.1) is 0 Å². The molecule has 0 unspecified atom stereocenters. The van der Waals surface area contributed by atoms with Crippen LogP contribution in [0.4, 0.5) is 0 Å². The summed E-state index contributed by atoms with van der Waals surface area (Å²) in [5.74, 6) is -1.14. The number of carboxylic acids is 1. The number of carboxylic acid groups (broad SMARTS) is 1.